The lowest BCUT2D eigenvalue weighted by Gasteiger charge is -2.06. The molecule has 1 rings (SSSR count). The molecule has 0 saturated heterocycles. The van der Waals surface area contributed by atoms with Gasteiger partial charge in [-0.15, -0.1) is 0 Å². The Morgan fingerprint density at radius 3 is 2.69 bits per heavy atom. The van der Waals surface area contributed by atoms with Crippen LogP contribution in [-0.4, -0.2) is 11.2 Å². The van der Waals surface area contributed by atoms with E-state index in [1.54, 1.807) is 0 Å². The van der Waals surface area contributed by atoms with Gasteiger partial charge in [0, 0.05) is 12.5 Å². The number of rotatable bonds is 3. The number of carbonyl (C=O) groups is 1. The van der Waals surface area contributed by atoms with E-state index >= 15 is 0 Å². The number of nitro benzene ring substituents is 1. The lowest BCUT2D eigenvalue weighted by Crippen LogP contribution is -1.99. The first-order valence-corrected chi connectivity index (χ1v) is 3.53. The Hall–Kier alpha value is -1.91. The molecule has 0 fully saturated rings. The third kappa shape index (κ3) is 2.02. The van der Waals surface area contributed by atoms with E-state index in [1.165, 1.54) is 6.07 Å². The number of nitrogens with zero attached hydrogens (tertiary/aromatic N) is 1. The predicted molar refractivity (Wildman–Crippen MR) is 42.3 cm³/mol. The first-order valence-electron chi connectivity index (χ1n) is 3.53. The fraction of sp³-hybridized carbons (Fsp3) is 0.125. The molecule has 0 amide bonds. The van der Waals surface area contributed by atoms with E-state index in [4.69, 9.17) is 0 Å². The highest BCUT2D eigenvalue weighted by Crippen LogP contribution is 2.23. The molecule has 0 atom stereocenters. The zero-order chi connectivity index (χ0) is 9.84. The van der Waals surface area contributed by atoms with Gasteiger partial charge in [0.05, 0.1) is 4.92 Å². The summed E-state index contributed by atoms with van der Waals surface area (Å²) in [5.41, 5.74) is -0.0133. The van der Waals surface area contributed by atoms with E-state index < -0.39 is 16.4 Å². The summed E-state index contributed by atoms with van der Waals surface area (Å²) >= 11 is 0. The van der Waals surface area contributed by atoms with Crippen molar-refractivity contribution in [1.29, 1.82) is 0 Å². The number of hydrogen-bond donors (Lipinski definition) is 0. The van der Waals surface area contributed by atoms with Crippen LogP contribution in [0.2, 0.25) is 0 Å². The van der Waals surface area contributed by atoms with Crippen molar-refractivity contribution in [2.75, 3.05) is 0 Å². The summed E-state index contributed by atoms with van der Waals surface area (Å²) in [5, 5.41) is 21.2. The summed E-state index contributed by atoms with van der Waals surface area (Å²) in [6.07, 6.45) is 0.713. The fourth-order valence-electron chi connectivity index (χ4n) is 0.929. The quantitative estimate of drug-likeness (QED) is 0.383. The van der Waals surface area contributed by atoms with E-state index in [9.17, 15) is 20.0 Å². The molecule has 0 saturated carbocycles. The van der Waals surface area contributed by atoms with Gasteiger partial charge >= 0.3 is 0 Å². The Morgan fingerprint density at radius 2 is 2.15 bits per heavy atom. The highest BCUT2D eigenvalue weighted by Gasteiger charge is 2.07. The van der Waals surface area contributed by atoms with E-state index in [2.05, 4.69) is 0 Å². The van der Waals surface area contributed by atoms with Crippen LogP contribution in [0.5, 0.6) is 5.75 Å². The molecule has 0 bridgehead atoms. The molecule has 1 aromatic rings. The third-order valence-electron chi connectivity index (χ3n) is 1.54. The summed E-state index contributed by atoms with van der Waals surface area (Å²) in [5.74, 6) is -0.639. The molecule has 0 aliphatic heterocycles. The topological polar surface area (TPSA) is 83.3 Å². The van der Waals surface area contributed by atoms with Crippen molar-refractivity contribution in [3.8, 4) is 5.75 Å². The molecule has 0 heterocycles. The molecule has 0 aromatic heterocycles. The number of nitro groups is 1. The van der Waals surface area contributed by atoms with Gasteiger partial charge in [-0.1, -0.05) is 12.1 Å². The maximum Gasteiger partial charge on any atom is 0.261 e. The Bertz CT molecular complexity index is 348. The second-order valence-electron chi connectivity index (χ2n) is 2.43. The Morgan fingerprint density at radius 1 is 1.46 bits per heavy atom. The van der Waals surface area contributed by atoms with Gasteiger partial charge in [0.15, 0.2) is 0 Å². The SMILES string of the molecule is O=CCc1ccc([O-])c([N+](=O)[O-])c1. The van der Waals surface area contributed by atoms with E-state index in [0.717, 1.165) is 12.1 Å². The zero-order valence-corrected chi connectivity index (χ0v) is 6.60. The number of hydrogen-bond acceptors (Lipinski definition) is 4. The molecule has 13 heavy (non-hydrogen) atoms. The molecule has 0 radical (unpaired) electrons. The van der Waals surface area contributed by atoms with Gasteiger partial charge in [-0.2, -0.15) is 0 Å². The second kappa shape index (κ2) is 3.66. The van der Waals surface area contributed by atoms with Gasteiger partial charge in [0.1, 0.15) is 6.29 Å². The van der Waals surface area contributed by atoms with Crippen LogP contribution in [0.15, 0.2) is 18.2 Å². The maximum absolute atomic E-state index is 10.9. The fourth-order valence-corrected chi connectivity index (χ4v) is 0.929. The third-order valence-corrected chi connectivity index (χ3v) is 1.54. The van der Waals surface area contributed by atoms with Crippen molar-refractivity contribution in [1.82, 2.24) is 0 Å². The molecular weight excluding hydrogens is 174 g/mol. The van der Waals surface area contributed by atoms with Crippen molar-refractivity contribution in [3.63, 3.8) is 0 Å². The van der Waals surface area contributed by atoms with Crippen LogP contribution in [0.25, 0.3) is 0 Å². The number of benzene rings is 1. The molecule has 68 valence electrons. The number of aldehydes is 1. The molecular formula is C8H6NO4-. The summed E-state index contributed by atoms with van der Waals surface area (Å²) < 4.78 is 0. The van der Waals surface area contributed by atoms with Gasteiger partial charge in [0.25, 0.3) is 5.69 Å². The molecule has 0 spiro atoms. The van der Waals surface area contributed by atoms with Crippen LogP contribution in [0.1, 0.15) is 5.56 Å². The lowest BCUT2D eigenvalue weighted by atomic mass is 10.1. The average Bonchev–Trinajstić information content (AvgIpc) is 2.08. The number of carbonyl (C=O) groups excluding carboxylic acids is 1. The van der Waals surface area contributed by atoms with Gasteiger partial charge in [0.2, 0.25) is 0 Å². The minimum Gasteiger partial charge on any atom is -0.868 e. The highest BCUT2D eigenvalue weighted by atomic mass is 16.6. The first kappa shape index (κ1) is 9.18. The Balaban J connectivity index is 3.10. The monoisotopic (exact) mass is 180 g/mol. The minimum atomic E-state index is -0.753. The van der Waals surface area contributed by atoms with Gasteiger partial charge in [-0.05, 0) is 11.3 Å². The van der Waals surface area contributed by atoms with Crippen molar-refractivity contribution in [2.45, 2.75) is 6.42 Å². The first-order chi connectivity index (χ1) is 6.15. The highest BCUT2D eigenvalue weighted by molar-refractivity contribution is 5.57. The zero-order valence-electron chi connectivity index (χ0n) is 6.60. The van der Waals surface area contributed by atoms with Gasteiger partial charge in [-0.25, -0.2) is 0 Å². The van der Waals surface area contributed by atoms with Crippen LogP contribution in [0.3, 0.4) is 0 Å². The molecule has 0 aliphatic carbocycles. The van der Waals surface area contributed by atoms with Crippen LogP contribution >= 0.6 is 0 Å². The molecule has 5 nitrogen and oxygen atoms in total. The van der Waals surface area contributed by atoms with Crippen molar-refractivity contribution in [3.05, 3.63) is 33.9 Å². The molecule has 0 unspecified atom stereocenters. The largest absolute Gasteiger partial charge is 0.868 e. The van der Waals surface area contributed by atoms with Crippen LogP contribution in [0, 0.1) is 10.1 Å². The van der Waals surface area contributed by atoms with Gasteiger partial charge in [-0.3, -0.25) is 10.1 Å². The van der Waals surface area contributed by atoms with E-state index in [0.29, 0.717) is 11.8 Å². The van der Waals surface area contributed by atoms with Crippen LogP contribution < -0.4 is 5.11 Å². The standard InChI is InChI=1S/C8H7NO4/c10-4-3-6-1-2-8(11)7(5-6)9(12)13/h1-2,4-5,11H,3H2/p-1. The van der Waals surface area contributed by atoms with Crippen molar-refractivity contribution < 1.29 is 14.8 Å². The summed E-state index contributed by atoms with van der Waals surface area (Å²) in [6.45, 7) is 0. The second-order valence-corrected chi connectivity index (χ2v) is 2.43. The molecule has 0 N–H and O–H groups in total. The van der Waals surface area contributed by atoms with E-state index in [-0.39, 0.29) is 6.42 Å². The van der Waals surface area contributed by atoms with Crippen LogP contribution in [0.4, 0.5) is 5.69 Å². The van der Waals surface area contributed by atoms with Gasteiger partial charge < -0.3 is 9.90 Å². The smallest absolute Gasteiger partial charge is 0.261 e. The summed E-state index contributed by atoms with van der Waals surface area (Å²) in [6, 6.07) is 3.62. The van der Waals surface area contributed by atoms with E-state index in [1.807, 2.05) is 0 Å². The summed E-state index contributed by atoms with van der Waals surface area (Å²) in [7, 11) is 0. The molecule has 5 heteroatoms. The van der Waals surface area contributed by atoms with Crippen molar-refractivity contribution in [2.24, 2.45) is 0 Å². The molecule has 0 aliphatic rings. The predicted octanol–water partition coefficient (Wildman–Crippen LogP) is 0.410. The molecule has 1 aromatic carbocycles. The summed E-state index contributed by atoms with van der Waals surface area (Å²) in [4.78, 5) is 19.6. The lowest BCUT2D eigenvalue weighted by molar-refractivity contribution is -0.398. The minimum absolute atomic E-state index is 0.0844. The maximum atomic E-state index is 10.9. The Labute approximate surface area is 73.8 Å². The average molecular weight is 180 g/mol. The van der Waals surface area contributed by atoms with Crippen molar-refractivity contribution >= 4 is 12.0 Å². The normalized spacial score (nSPS) is 9.54. The van der Waals surface area contributed by atoms with Crippen LogP contribution in [-0.2, 0) is 11.2 Å². The Kier molecular flexibility index (Phi) is 2.59.